The maximum Gasteiger partial charge on any atom is 0.242 e. The van der Waals surface area contributed by atoms with Crippen LogP contribution in [0.1, 0.15) is 37.8 Å². The maximum atomic E-state index is 13.2. The molecule has 2 rings (SSSR count). The molecule has 0 spiro atoms. The van der Waals surface area contributed by atoms with E-state index < -0.39 is 6.04 Å². The summed E-state index contributed by atoms with van der Waals surface area (Å²) in [6.45, 7) is 4.65. The van der Waals surface area contributed by atoms with Gasteiger partial charge in [0.05, 0.1) is 5.75 Å². The minimum absolute atomic E-state index is 0.112. The first kappa shape index (κ1) is 24.4. The third kappa shape index (κ3) is 8.11. The number of amides is 2. The van der Waals surface area contributed by atoms with Crippen LogP contribution >= 0.6 is 27.7 Å². The first-order chi connectivity index (χ1) is 14.4. The minimum atomic E-state index is -0.604. The van der Waals surface area contributed by atoms with Crippen LogP contribution in [0.3, 0.4) is 0 Å². The Bertz CT molecular complexity index is 815. The molecule has 2 amide bonds. The number of nitrogens with one attached hydrogen (secondary N) is 1. The molecule has 2 aromatic rings. The average Bonchev–Trinajstić information content (AvgIpc) is 2.74. The van der Waals surface area contributed by atoms with Crippen molar-refractivity contribution >= 4 is 39.5 Å². The SMILES string of the molecule is CCCCNC(=O)[C@H](C)N(Cc1ccc(F)cc1)C(=O)CSCc1ccc(Br)cc1. The molecule has 162 valence electrons. The number of benzene rings is 2. The molecule has 0 aliphatic heterocycles. The number of rotatable bonds is 11. The molecule has 0 radical (unpaired) electrons. The third-order valence-electron chi connectivity index (χ3n) is 4.67. The Morgan fingerprint density at radius 1 is 1.10 bits per heavy atom. The zero-order chi connectivity index (χ0) is 21.9. The van der Waals surface area contributed by atoms with Gasteiger partial charge in [0, 0.05) is 23.3 Å². The number of nitrogens with zero attached hydrogens (tertiary/aromatic N) is 1. The lowest BCUT2D eigenvalue weighted by Crippen LogP contribution is -2.48. The second kappa shape index (κ2) is 12.7. The van der Waals surface area contributed by atoms with Gasteiger partial charge in [-0.2, -0.15) is 0 Å². The summed E-state index contributed by atoms with van der Waals surface area (Å²) in [7, 11) is 0. The van der Waals surface area contributed by atoms with Gasteiger partial charge in [-0.05, 0) is 48.7 Å². The van der Waals surface area contributed by atoms with Gasteiger partial charge in [-0.1, -0.05) is 53.5 Å². The van der Waals surface area contributed by atoms with E-state index in [4.69, 9.17) is 0 Å². The van der Waals surface area contributed by atoms with Crippen molar-refractivity contribution in [3.8, 4) is 0 Å². The lowest BCUT2D eigenvalue weighted by atomic mass is 10.1. The summed E-state index contributed by atoms with van der Waals surface area (Å²) in [5.74, 6) is 0.369. The van der Waals surface area contributed by atoms with Crippen LogP contribution in [-0.4, -0.2) is 35.1 Å². The van der Waals surface area contributed by atoms with Crippen LogP contribution in [0.5, 0.6) is 0 Å². The fourth-order valence-corrected chi connectivity index (χ4v) is 3.96. The van der Waals surface area contributed by atoms with E-state index in [9.17, 15) is 14.0 Å². The van der Waals surface area contributed by atoms with Crippen molar-refractivity contribution in [2.45, 2.75) is 45.0 Å². The van der Waals surface area contributed by atoms with Gasteiger partial charge < -0.3 is 10.2 Å². The van der Waals surface area contributed by atoms with Gasteiger partial charge in [0.15, 0.2) is 0 Å². The predicted octanol–water partition coefficient (Wildman–Crippen LogP) is 5.16. The Morgan fingerprint density at radius 3 is 2.37 bits per heavy atom. The largest absolute Gasteiger partial charge is 0.354 e. The minimum Gasteiger partial charge on any atom is -0.354 e. The maximum absolute atomic E-state index is 13.2. The van der Waals surface area contributed by atoms with Crippen LogP contribution in [0.4, 0.5) is 4.39 Å². The number of carbonyl (C=O) groups excluding carboxylic acids is 2. The Kier molecular flexibility index (Phi) is 10.4. The highest BCUT2D eigenvalue weighted by Gasteiger charge is 2.25. The molecule has 0 aliphatic carbocycles. The molecule has 30 heavy (non-hydrogen) atoms. The molecule has 0 saturated carbocycles. The van der Waals surface area contributed by atoms with Gasteiger partial charge in [-0.15, -0.1) is 11.8 Å². The van der Waals surface area contributed by atoms with E-state index >= 15 is 0 Å². The second-order valence-electron chi connectivity index (χ2n) is 7.09. The van der Waals surface area contributed by atoms with Crippen molar-refractivity contribution < 1.29 is 14.0 Å². The summed E-state index contributed by atoms with van der Waals surface area (Å²) in [6, 6.07) is 13.4. The van der Waals surface area contributed by atoms with Crippen molar-refractivity contribution in [3.05, 3.63) is 69.9 Å². The van der Waals surface area contributed by atoms with Gasteiger partial charge >= 0.3 is 0 Å². The molecule has 4 nitrogen and oxygen atoms in total. The zero-order valence-electron chi connectivity index (χ0n) is 17.4. The van der Waals surface area contributed by atoms with Crippen molar-refractivity contribution in [3.63, 3.8) is 0 Å². The van der Waals surface area contributed by atoms with Gasteiger partial charge in [-0.25, -0.2) is 4.39 Å². The highest BCUT2D eigenvalue weighted by Crippen LogP contribution is 2.18. The standard InChI is InChI=1S/C23H28BrFN2O2S/c1-3-4-13-26-23(29)17(2)27(14-18-7-11-21(25)12-8-18)22(28)16-30-15-19-5-9-20(24)10-6-19/h5-12,17H,3-4,13-16H2,1-2H3,(H,26,29)/t17-/m0/s1. The number of carbonyl (C=O) groups is 2. The van der Waals surface area contributed by atoms with Gasteiger partial charge in [0.1, 0.15) is 11.9 Å². The van der Waals surface area contributed by atoms with E-state index in [1.165, 1.54) is 23.9 Å². The molecular weight excluding hydrogens is 467 g/mol. The van der Waals surface area contributed by atoms with E-state index in [1.54, 1.807) is 24.0 Å². The summed E-state index contributed by atoms with van der Waals surface area (Å²) in [6.07, 6.45) is 1.88. The number of thioether (sulfide) groups is 1. The van der Waals surface area contributed by atoms with Gasteiger partial charge in [-0.3, -0.25) is 9.59 Å². The summed E-state index contributed by atoms with van der Waals surface area (Å²) >= 11 is 4.93. The summed E-state index contributed by atoms with van der Waals surface area (Å²) in [5, 5.41) is 2.90. The molecule has 7 heteroatoms. The Labute approximate surface area is 190 Å². The predicted molar refractivity (Wildman–Crippen MR) is 125 cm³/mol. The first-order valence-corrected chi connectivity index (χ1v) is 12.0. The van der Waals surface area contributed by atoms with Crippen LogP contribution in [0, 0.1) is 5.82 Å². The summed E-state index contributed by atoms with van der Waals surface area (Å²) < 4.78 is 14.3. The van der Waals surface area contributed by atoms with Gasteiger partial charge in [0.2, 0.25) is 11.8 Å². The molecule has 1 atom stereocenters. The molecule has 0 saturated heterocycles. The van der Waals surface area contributed by atoms with Crippen molar-refractivity contribution in [1.29, 1.82) is 0 Å². The molecule has 0 aliphatic rings. The van der Waals surface area contributed by atoms with Crippen LogP contribution < -0.4 is 5.32 Å². The quantitative estimate of drug-likeness (QED) is 0.439. The average molecular weight is 495 g/mol. The van der Waals surface area contributed by atoms with Gasteiger partial charge in [0.25, 0.3) is 0 Å². The Morgan fingerprint density at radius 2 is 1.73 bits per heavy atom. The van der Waals surface area contributed by atoms with Crippen LogP contribution in [0.15, 0.2) is 53.0 Å². The molecular formula is C23H28BrFN2O2S. The third-order valence-corrected chi connectivity index (χ3v) is 6.19. The van der Waals surface area contributed by atoms with Crippen LogP contribution in [0.25, 0.3) is 0 Å². The van der Waals surface area contributed by atoms with Crippen molar-refractivity contribution in [1.82, 2.24) is 10.2 Å². The molecule has 0 fully saturated rings. The normalized spacial score (nSPS) is 11.7. The second-order valence-corrected chi connectivity index (χ2v) is 8.99. The molecule has 0 unspecified atom stereocenters. The lowest BCUT2D eigenvalue weighted by molar-refractivity contribution is -0.138. The van der Waals surface area contributed by atoms with E-state index in [0.29, 0.717) is 12.3 Å². The fourth-order valence-electron chi connectivity index (χ4n) is 2.82. The first-order valence-electron chi connectivity index (χ1n) is 10.0. The van der Waals surface area contributed by atoms with Crippen LogP contribution in [-0.2, 0) is 21.9 Å². The fraction of sp³-hybridized carbons (Fsp3) is 0.391. The summed E-state index contributed by atoms with van der Waals surface area (Å²) in [5.41, 5.74) is 1.92. The van der Waals surface area contributed by atoms with E-state index in [1.807, 2.05) is 24.3 Å². The highest BCUT2D eigenvalue weighted by atomic mass is 79.9. The van der Waals surface area contributed by atoms with Crippen LogP contribution in [0.2, 0.25) is 0 Å². The number of halogens is 2. The molecule has 1 N–H and O–H groups in total. The lowest BCUT2D eigenvalue weighted by Gasteiger charge is -2.28. The Hall–Kier alpha value is -1.86. The smallest absolute Gasteiger partial charge is 0.242 e. The van der Waals surface area contributed by atoms with Crippen molar-refractivity contribution in [2.75, 3.05) is 12.3 Å². The van der Waals surface area contributed by atoms with E-state index in [0.717, 1.165) is 28.4 Å². The monoisotopic (exact) mass is 494 g/mol. The van der Waals surface area contributed by atoms with E-state index in [-0.39, 0.29) is 29.9 Å². The molecule has 0 bridgehead atoms. The molecule has 0 aromatic heterocycles. The zero-order valence-corrected chi connectivity index (χ0v) is 19.8. The molecule has 0 heterocycles. The number of unbranched alkanes of at least 4 members (excludes halogenated alkanes) is 1. The van der Waals surface area contributed by atoms with Crippen molar-refractivity contribution in [2.24, 2.45) is 0 Å². The molecule has 2 aromatic carbocycles. The topological polar surface area (TPSA) is 49.4 Å². The van der Waals surface area contributed by atoms with E-state index in [2.05, 4.69) is 28.2 Å². The Balaban J connectivity index is 2.02. The highest BCUT2D eigenvalue weighted by molar-refractivity contribution is 9.10. The number of hydrogen-bond donors (Lipinski definition) is 1. The number of hydrogen-bond acceptors (Lipinski definition) is 3. The summed E-state index contributed by atoms with van der Waals surface area (Å²) in [4.78, 5) is 27.1.